The van der Waals surface area contributed by atoms with Crippen LogP contribution in [0.15, 0.2) is 12.3 Å². The maximum Gasteiger partial charge on any atom is 0.315 e. The van der Waals surface area contributed by atoms with E-state index in [1.54, 1.807) is 6.20 Å². The van der Waals surface area contributed by atoms with Gasteiger partial charge in [-0.1, -0.05) is 19.3 Å². The van der Waals surface area contributed by atoms with E-state index in [9.17, 15) is 4.79 Å². The summed E-state index contributed by atoms with van der Waals surface area (Å²) in [6, 6.07) is 2.21. The Bertz CT molecular complexity index is 409. The van der Waals surface area contributed by atoms with Gasteiger partial charge in [0, 0.05) is 18.8 Å². The fraction of sp³-hybridized carbons (Fsp3) is 0.714. The van der Waals surface area contributed by atoms with Gasteiger partial charge in [0.15, 0.2) is 0 Å². The van der Waals surface area contributed by atoms with E-state index in [2.05, 4.69) is 15.7 Å². The molecule has 1 atom stereocenters. The Hall–Kier alpha value is -1.52. The first-order valence-corrected chi connectivity index (χ1v) is 7.29. The first-order chi connectivity index (χ1) is 9.20. The number of nitrogens with zero attached hydrogens (tertiary/aromatic N) is 2. The Balaban J connectivity index is 1.84. The summed E-state index contributed by atoms with van der Waals surface area (Å²) >= 11 is 0. The highest BCUT2D eigenvalue weighted by Crippen LogP contribution is 2.17. The zero-order valence-electron chi connectivity index (χ0n) is 11.9. The van der Waals surface area contributed by atoms with Crippen molar-refractivity contribution in [2.45, 2.75) is 64.6 Å². The second-order valence-corrected chi connectivity index (χ2v) is 5.25. The second kappa shape index (κ2) is 6.59. The highest BCUT2D eigenvalue weighted by atomic mass is 16.2. The monoisotopic (exact) mass is 264 g/mol. The van der Waals surface area contributed by atoms with Gasteiger partial charge in [-0.3, -0.25) is 4.68 Å². The third-order valence-electron chi connectivity index (χ3n) is 3.78. The smallest absolute Gasteiger partial charge is 0.315 e. The van der Waals surface area contributed by atoms with Gasteiger partial charge >= 0.3 is 6.03 Å². The summed E-state index contributed by atoms with van der Waals surface area (Å²) in [5.41, 5.74) is 1.04. The van der Waals surface area contributed by atoms with Crippen molar-refractivity contribution >= 4 is 6.03 Å². The fourth-order valence-electron chi connectivity index (χ4n) is 2.72. The van der Waals surface area contributed by atoms with E-state index in [0.717, 1.165) is 25.1 Å². The average Bonchev–Trinajstić information content (AvgIpc) is 2.88. The first-order valence-electron chi connectivity index (χ1n) is 7.29. The highest BCUT2D eigenvalue weighted by Gasteiger charge is 2.18. The lowest BCUT2D eigenvalue weighted by molar-refractivity contribution is 0.229. The molecule has 2 amide bonds. The van der Waals surface area contributed by atoms with Gasteiger partial charge in [-0.15, -0.1) is 0 Å². The molecule has 5 nitrogen and oxygen atoms in total. The molecule has 0 aliphatic heterocycles. The van der Waals surface area contributed by atoms with Gasteiger partial charge in [-0.05, 0) is 32.8 Å². The predicted octanol–water partition coefficient (Wildman–Crippen LogP) is 2.60. The Kier molecular flexibility index (Phi) is 4.82. The molecule has 106 valence electrons. The molecule has 1 aliphatic carbocycles. The maximum absolute atomic E-state index is 12.0. The van der Waals surface area contributed by atoms with E-state index in [1.807, 2.05) is 24.6 Å². The van der Waals surface area contributed by atoms with Gasteiger partial charge in [0.2, 0.25) is 0 Å². The molecule has 1 fully saturated rings. The predicted molar refractivity (Wildman–Crippen MR) is 74.9 cm³/mol. The van der Waals surface area contributed by atoms with Crippen LogP contribution >= 0.6 is 0 Å². The Morgan fingerprint density at radius 1 is 1.47 bits per heavy atom. The Morgan fingerprint density at radius 3 is 2.89 bits per heavy atom. The molecule has 1 aromatic rings. The maximum atomic E-state index is 12.0. The van der Waals surface area contributed by atoms with Crippen molar-refractivity contribution in [3.63, 3.8) is 0 Å². The van der Waals surface area contributed by atoms with E-state index in [0.29, 0.717) is 6.04 Å². The van der Waals surface area contributed by atoms with Crippen molar-refractivity contribution < 1.29 is 4.79 Å². The summed E-state index contributed by atoms with van der Waals surface area (Å²) in [5.74, 6) is 0. The minimum absolute atomic E-state index is 0.0222. The lowest BCUT2D eigenvalue weighted by Crippen LogP contribution is -2.44. The van der Waals surface area contributed by atoms with Crippen molar-refractivity contribution in [1.29, 1.82) is 0 Å². The molecular weight excluding hydrogens is 240 g/mol. The van der Waals surface area contributed by atoms with Gasteiger partial charge in [0.1, 0.15) is 0 Å². The molecule has 1 heterocycles. The number of amides is 2. The molecule has 2 N–H and O–H groups in total. The SMILES string of the molecule is CCn1nccc1C(C)NC(=O)NC1CCCCC1. The van der Waals surface area contributed by atoms with Crippen LogP contribution in [0.25, 0.3) is 0 Å². The molecule has 0 spiro atoms. The second-order valence-electron chi connectivity index (χ2n) is 5.25. The molecule has 1 aliphatic rings. The molecule has 1 unspecified atom stereocenters. The molecule has 1 aromatic heterocycles. The van der Waals surface area contributed by atoms with Crippen LogP contribution in [0.1, 0.15) is 57.7 Å². The summed E-state index contributed by atoms with van der Waals surface area (Å²) in [6.07, 6.45) is 7.73. The largest absolute Gasteiger partial charge is 0.335 e. The summed E-state index contributed by atoms with van der Waals surface area (Å²) in [5, 5.41) is 10.3. The van der Waals surface area contributed by atoms with E-state index in [1.165, 1.54) is 19.3 Å². The van der Waals surface area contributed by atoms with Crippen molar-refractivity contribution in [2.75, 3.05) is 0 Å². The highest BCUT2D eigenvalue weighted by molar-refractivity contribution is 5.74. The van der Waals surface area contributed by atoms with Crippen LogP contribution in [0.4, 0.5) is 4.79 Å². The van der Waals surface area contributed by atoms with Crippen molar-refractivity contribution in [3.8, 4) is 0 Å². The van der Waals surface area contributed by atoms with Crippen molar-refractivity contribution in [2.24, 2.45) is 0 Å². The van der Waals surface area contributed by atoms with Crippen LogP contribution in [0.3, 0.4) is 0 Å². The van der Waals surface area contributed by atoms with Crippen LogP contribution in [-0.4, -0.2) is 21.9 Å². The molecule has 5 heteroatoms. The summed E-state index contributed by atoms with van der Waals surface area (Å²) < 4.78 is 1.91. The average molecular weight is 264 g/mol. The van der Waals surface area contributed by atoms with Crippen LogP contribution in [0, 0.1) is 0 Å². The molecular formula is C14H24N4O. The molecule has 0 aromatic carbocycles. The van der Waals surface area contributed by atoms with Crippen molar-refractivity contribution in [1.82, 2.24) is 20.4 Å². The van der Waals surface area contributed by atoms with Crippen LogP contribution in [0.5, 0.6) is 0 Å². The van der Waals surface area contributed by atoms with Gasteiger partial charge in [0.25, 0.3) is 0 Å². The summed E-state index contributed by atoms with van der Waals surface area (Å²) in [6.45, 7) is 4.85. The van der Waals surface area contributed by atoms with Crippen LogP contribution < -0.4 is 10.6 Å². The van der Waals surface area contributed by atoms with Gasteiger partial charge in [-0.2, -0.15) is 5.10 Å². The number of carbonyl (C=O) groups is 1. The molecule has 0 radical (unpaired) electrons. The molecule has 19 heavy (non-hydrogen) atoms. The van der Waals surface area contributed by atoms with Gasteiger partial charge in [0.05, 0.1) is 11.7 Å². The molecule has 2 rings (SSSR count). The van der Waals surface area contributed by atoms with Crippen LogP contribution in [-0.2, 0) is 6.54 Å². The van der Waals surface area contributed by atoms with Crippen LogP contribution in [0.2, 0.25) is 0 Å². The number of aromatic nitrogens is 2. The normalized spacial score (nSPS) is 18.0. The van der Waals surface area contributed by atoms with Gasteiger partial charge < -0.3 is 10.6 Å². The molecule has 1 saturated carbocycles. The topological polar surface area (TPSA) is 59.0 Å². The van der Waals surface area contributed by atoms with E-state index in [-0.39, 0.29) is 12.1 Å². The summed E-state index contributed by atoms with van der Waals surface area (Å²) in [7, 11) is 0. The summed E-state index contributed by atoms with van der Waals surface area (Å²) in [4.78, 5) is 12.0. The van der Waals surface area contributed by atoms with E-state index >= 15 is 0 Å². The minimum atomic E-state index is -0.0664. The quantitative estimate of drug-likeness (QED) is 0.878. The number of rotatable bonds is 4. The molecule has 0 saturated heterocycles. The fourth-order valence-corrected chi connectivity index (χ4v) is 2.72. The number of hydrogen-bond donors (Lipinski definition) is 2. The third-order valence-corrected chi connectivity index (χ3v) is 3.78. The Morgan fingerprint density at radius 2 is 2.21 bits per heavy atom. The standard InChI is InChI=1S/C14H24N4O/c1-3-18-13(9-10-15-18)11(2)16-14(19)17-12-7-5-4-6-8-12/h9-12H,3-8H2,1-2H3,(H2,16,17,19). The zero-order chi connectivity index (χ0) is 13.7. The first kappa shape index (κ1) is 13.9. The molecule has 0 bridgehead atoms. The minimum Gasteiger partial charge on any atom is -0.335 e. The van der Waals surface area contributed by atoms with E-state index in [4.69, 9.17) is 0 Å². The number of nitrogens with one attached hydrogen (secondary N) is 2. The number of urea groups is 1. The van der Waals surface area contributed by atoms with Gasteiger partial charge in [-0.25, -0.2) is 4.79 Å². The Labute approximate surface area is 114 Å². The van der Waals surface area contributed by atoms with E-state index < -0.39 is 0 Å². The lowest BCUT2D eigenvalue weighted by Gasteiger charge is -2.24. The number of hydrogen-bond acceptors (Lipinski definition) is 2. The third kappa shape index (κ3) is 3.72. The zero-order valence-corrected chi connectivity index (χ0v) is 11.9. The lowest BCUT2D eigenvalue weighted by atomic mass is 9.96. The number of carbonyl (C=O) groups excluding carboxylic acids is 1. The van der Waals surface area contributed by atoms with Crippen molar-refractivity contribution in [3.05, 3.63) is 18.0 Å². The number of aryl methyl sites for hydroxylation is 1.